The molecule has 0 spiro atoms. The molecule has 1 heterocycles. The van der Waals surface area contributed by atoms with Gasteiger partial charge in [0, 0.05) is 13.0 Å². The van der Waals surface area contributed by atoms with Gasteiger partial charge < -0.3 is 5.11 Å². The number of carboxylic acids is 1. The lowest BCUT2D eigenvalue weighted by atomic mass is 9.98. The molecule has 0 atom stereocenters. The van der Waals surface area contributed by atoms with Crippen molar-refractivity contribution in [2.24, 2.45) is 5.92 Å². The van der Waals surface area contributed by atoms with Gasteiger partial charge in [-0.15, -0.1) is 0 Å². The van der Waals surface area contributed by atoms with E-state index in [1.807, 2.05) is 0 Å². The zero-order valence-electron chi connectivity index (χ0n) is 11.6. The van der Waals surface area contributed by atoms with E-state index in [0.29, 0.717) is 6.42 Å². The highest BCUT2D eigenvalue weighted by Gasteiger charge is 2.15. The van der Waals surface area contributed by atoms with Crippen LogP contribution in [0.3, 0.4) is 0 Å². The average molecular weight is 261 g/mol. The minimum Gasteiger partial charge on any atom is -0.481 e. The third-order valence-electron chi connectivity index (χ3n) is 3.93. The van der Waals surface area contributed by atoms with Crippen LogP contribution in [0.5, 0.6) is 0 Å². The summed E-state index contributed by atoms with van der Waals surface area (Å²) in [6, 6.07) is 8.39. The van der Waals surface area contributed by atoms with E-state index in [0.717, 1.165) is 18.0 Å². The number of carboxylic acid groups (broad SMARTS) is 1. The number of nitrogens with zero attached hydrogens (tertiary/aromatic N) is 1. The summed E-state index contributed by atoms with van der Waals surface area (Å²) in [5, 5.41) is 8.66. The van der Waals surface area contributed by atoms with E-state index in [2.05, 4.69) is 36.1 Å². The third kappa shape index (κ3) is 4.67. The molecule has 1 aliphatic rings. The molecule has 104 valence electrons. The normalized spacial score (nSPS) is 17.5. The number of benzene rings is 1. The molecule has 2 rings (SSSR count). The van der Waals surface area contributed by atoms with Gasteiger partial charge in [-0.05, 0) is 49.4 Å². The Bertz CT molecular complexity index is 405. The molecule has 1 aromatic carbocycles. The van der Waals surface area contributed by atoms with Gasteiger partial charge in [0.05, 0.1) is 0 Å². The summed E-state index contributed by atoms with van der Waals surface area (Å²) in [5.41, 5.74) is 2.44. The van der Waals surface area contributed by atoms with Crippen molar-refractivity contribution in [3.05, 3.63) is 35.4 Å². The summed E-state index contributed by atoms with van der Waals surface area (Å²) in [4.78, 5) is 13.0. The topological polar surface area (TPSA) is 40.5 Å². The first-order valence-corrected chi connectivity index (χ1v) is 7.15. The van der Waals surface area contributed by atoms with E-state index in [9.17, 15) is 4.79 Å². The molecule has 0 saturated carbocycles. The predicted molar refractivity (Wildman–Crippen MR) is 76.1 cm³/mol. The highest BCUT2D eigenvalue weighted by atomic mass is 16.4. The lowest BCUT2D eigenvalue weighted by Gasteiger charge is -2.30. The molecule has 0 bridgehead atoms. The zero-order valence-corrected chi connectivity index (χ0v) is 11.6. The van der Waals surface area contributed by atoms with Crippen molar-refractivity contribution in [2.45, 2.75) is 39.2 Å². The van der Waals surface area contributed by atoms with Crippen LogP contribution in [0, 0.1) is 5.92 Å². The third-order valence-corrected chi connectivity index (χ3v) is 3.93. The first kappa shape index (κ1) is 14.1. The number of rotatable bonds is 5. The second-order valence-corrected chi connectivity index (χ2v) is 5.67. The molecular weight excluding hydrogens is 238 g/mol. The van der Waals surface area contributed by atoms with Gasteiger partial charge in [-0.3, -0.25) is 9.69 Å². The molecule has 0 unspecified atom stereocenters. The Labute approximate surface area is 115 Å². The molecule has 1 saturated heterocycles. The van der Waals surface area contributed by atoms with Gasteiger partial charge in [0.1, 0.15) is 0 Å². The van der Waals surface area contributed by atoms with Crippen molar-refractivity contribution in [3.63, 3.8) is 0 Å². The standard InChI is InChI=1S/C16H23NO2/c1-13-8-10-17(11-9-13)12-15-4-2-14(3-5-15)6-7-16(18)19/h2-5,13H,6-12H2,1H3,(H,18,19). The van der Waals surface area contributed by atoms with Gasteiger partial charge in [0.2, 0.25) is 0 Å². The second-order valence-electron chi connectivity index (χ2n) is 5.67. The van der Waals surface area contributed by atoms with Gasteiger partial charge >= 0.3 is 5.97 Å². The van der Waals surface area contributed by atoms with Crippen LogP contribution >= 0.6 is 0 Å². The maximum absolute atomic E-state index is 10.5. The Morgan fingerprint density at radius 2 is 1.79 bits per heavy atom. The molecular formula is C16H23NO2. The van der Waals surface area contributed by atoms with Crippen LogP contribution in [0.4, 0.5) is 0 Å². The maximum atomic E-state index is 10.5. The predicted octanol–water partition coefficient (Wildman–Crippen LogP) is 2.94. The second kappa shape index (κ2) is 6.71. The number of hydrogen-bond acceptors (Lipinski definition) is 2. The number of piperidine rings is 1. The van der Waals surface area contributed by atoms with Gasteiger partial charge in [-0.25, -0.2) is 0 Å². The molecule has 0 aliphatic carbocycles. The molecule has 3 nitrogen and oxygen atoms in total. The first-order valence-electron chi connectivity index (χ1n) is 7.15. The van der Waals surface area contributed by atoms with E-state index in [1.54, 1.807) is 0 Å². The van der Waals surface area contributed by atoms with E-state index in [1.165, 1.54) is 31.5 Å². The summed E-state index contributed by atoms with van der Waals surface area (Å²) < 4.78 is 0. The van der Waals surface area contributed by atoms with Crippen LogP contribution in [0.1, 0.15) is 37.3 Å². The minimum atomic E-state index is -0.730. The van der Waals surface area contributed by atoms with Crippen molar-refractivity contribution < 1.29 is 9.90 Å². The Morgan fingerprint density at radius 1 is 1.21 bits per heavy atom. The van der Waals surface area contributed by atoms with Crippen LogP contribution in [0.15, 0.2) is 24.3 Å². The molecule has 3 heteroatoms. The Balaban J connectivity index is 1.83. The average Bonchev–Trinajstić information content (AvgIpc) is 2.40. The van der Waals surface area contributed by atoms with Gasteiger partial charge in [0.15, 0.2) is 0 Å². The molecule has 1 fully saturated rings. The molecule has 1 N–H and O–H groups in total. The van der Waals surface area contributed by atoms with E-state index < -0.39 is 5.97 Å². The van der Waals surface area contributed by atoms with E-state index >= 15 is 0 Å². The molecule has 19 heavy (non-hydrogen) atoms. The number of aryl methyl sites for hydroxylation is 1. The van der Waals surface area contributed by atoms with Crippen molar-refractivity contribution in [1.29, 1.82) is 0 Å². The van der Waals surface area contributed by atoms with Gasteiger partial charge in [0.25, 0.3) is 0 Å². The summed E-state index contributed by atoms with van der Waals surface area (Å²) in [6.07, 6.45) is 3.44. The van der Waals surface area contributed by atoms with Crippen LogP contribution in [0.25, 0.3) is 0 Å². The molecule has 1 aromatic rings. The minimum absolute atomic E-state index is 0.212. The van der Waals surface area contributed by atoms with Gasteiger partial charge in [-0.1, -0.05) is 31.2 Å². The monoisotopic (exact) mass is 261 g/mol. The first-order chi connectivity index (χ1) is 9.13. The molecule has 0 aromatic heterocycles. The van der Waals surface area contributed by atoms with Crippen molar-refractivity contribution in [3.8, 4) is 0 Å². The summed E-state index contributed by atoms with van der Waals surface area (Å²) in [6.45, 7) is 5.74. The number of aliphatic carboxylic acids is 1. The van der Waals surface area contributed by atoms with Crippen LogP contribution < -0.4 is 0 Å². The van der Waals surface area contributed by atoms with Crippen molar-refractivity contribution >= 4 is 5.97 Å². The molecule has 0 radical (unpaired) electrons. The molecule has 1 aliphatic heterocycles. The Hall–Kier alpha value is -1.35. The lowest BCUT2D eigenvalue weighted by molar-refractivity contribution is -0.136. The number of likely N-dealkylation sites (tertiary alicyclic amines) is 1. The van der Waals surface area contributed by atoms with Crippen molar-refractivity contribution in [2.75, 3.05) is 13.1 Å². The van der Waals surface area contributed by atoms with Crippen LogP contribution in [-0.2, 0) is 17.8 Å². The lowest BCUT2D eigenvalue weighted by Crippen LogP contribution is -2.32. The fourth-order valence-corrected chi connectivity index (χ4v) is 2.54. The number of hydrogen-bond donors (Lipinski definition) is 1. The Kier molecular flexibility index (Phi) is 4.97. The summed E-state index contributed by atoms with van der Waals surface area (Å²) in [5.74, 6) is 0.140. The largest absolute Gasteiger partial charge is 0.481 e. The highest BCUT2D eigenvalue weighted by Crippen LogP contribution is 2.18. The van der Waals surface area contributed by atoms with Crippen LogP contribution in [-0.4, -0.2) is 29.1 Å². The molecule has 0 amide bonds. The summed E-state index contributed by atoms with van der Waals surface area (Å²) in [7, 11) is 0. The SMILES string of the molecule is CC1CCN(Cc2ccc(CCC(=O)O)cc2)CC1. The zero-order chi connectivity index (χ0) is 13.7. The van der Waals surface area contributed by atoms with Crippen LogP contribution in [0.2, 0.25) is 0 Å². The van der Waals surface area contributed by atoms with E-state index in [-0.39, 0.29) is 6.42 Å². The number of carbonyl (C=O) groups is 1. The summed E-state index contributed by atoms with van der Waals surface area (Å²) >= 11 is 0. The Morgan fingerprint density at radius 3 is 2.37 bits per heavy atom. The maximum Gasteiger partial charge on any atom is 0.303 e. The fourth-order valence-electron chi connectivity index (χ4n) is 2.54. The smallest absolute Gasteiger partial charge is 0.303 e. The van der Waals surface area contributed by atoms with Crippen molar-refractivity contribution in [1.82, 2.24) is 4.90 Å². The quantitative estimate of drug-likeness (QED) is 0.886. The van der Waals surface area contributed by atoms with Gasteiger partial charge in [-0.2, -0.15) is 0 Å². The van der Waals surface area contributed by atoms with E-state index in [4.69, 9.17) is 5.11 Å². The fraction of sp³-hybridized carbons (Fsp3) is 0.562. The highest BCUT2D eigenvalue weighted by molar-refractivity contribution is 5.67.